The summed E-state index contributed by atoms with van der Waals surface area (Å²) in [6.07, 6.45) is -0.545. The summed E-state index contributed by atoms with van der Waals surface area (Å²) in [7, 11) is 0. The highest BCUT2D eigenvalue weighted by molar-refractivity contribution is 7.99. The molecule has 0 aliphatic rings. The topological polar surface area (TPSA) is 40.5 Å². The first-order valence-electron chi connectivity index (χ1n) is 8.53. The third kappa shape index (κ3) is 6.22. The molecule has 0 radical (unpaired) electrons. The van der Waals surface area contributed by atoms with Gasteiger partial charge < -0.3 is 10.0 Å². The van der Waals surface area contributed by atoms with E-state index in [1.807, 2.05) is 65.6 Å². The van der Waals surface area contributed by atoms with Crippen molar-refractivity contribution >= 4 is 17.7 Å². The van der Waals surface area contributed by atoms with Crippen LogP contribution in [0, 0.1) is 0 Å². The van der Waals surface area contributed by atoms with Crippen LogP contribution in [0.5, 0.6) is 0 Å². The van der Waals surface area contributed by atoms with Crippen LogP contribution in [0.15, 0.2) is 60.7 Å². The Morgan fingerprint density at radius 2 is 1.60 bits per heavy atom. The number of amides is 1. The highest BCUT2D eigenvalue weighted by atomic mass is 32.2. The third-order valence-corrected chi connectivity index (χ3v) is 4.98. The van der Waals surface area contributed by atoms with Crippen molar-refractivity contribution in [2.45, 2.75) is 39.0 Å². The maximum atomic E-state index is 12.7. The highest BCUT2D eigenvalue weighted by Gasteiger charge is 2.26. The SMILES string of the molecule is CC(C)(C)N(Cc1ccccc1)C(=O)CSCC(O)c1ccccc1. The van der Waals surface area contributed by atoms with E-state index in [9.17, 15) is 9.90 Å². The largest absolute Gasteiger partial charge is 0.388 e. The molecule has 134 valence electrons. The Labute approximate surface area is 155 Å². The van der Waals surface area contributed by atoms with Crippen molar-refractivity contribution < 1.29 is 9.90 Å². The molecule has 2 rings (SSSR count). The van der Waals surface area contributed by atoms with Gasteiger partial charge in [-0.15, -0.1) is 11.8 Å². The Kier molecular flexibility index (Phi) is 7.09. The molecule has 0 aromatic heterocycles. The number of nitrogens with zero attached hydrogens (tertiary/aromatic N) is 1. The molecular weight excluding hydrogens is 330 g/mol. The Balaban J connectivity index is 1.91. The maximum absolute atomic E-state index is 12.7. The molecule has 1 amide bonds. The monoisotopic (exact) mass is 357 g/mol. The molecule has 0 aliphatic heterocycles. The van der Waals surface area contributed by atoms with Crippen molar-refractivity contribution in [3.8, 4) is 0 Å². The average molecular weight is 358 g/mol. The van der Waals surface area contributed by atoms with Crippen molar-refractivity contribution in [1.82, 2.24) is 4.90 Å². The molecule has 3 nitrogen and oxygen atoms in total. The molecule has 0 fully saturated rings. The lowest BCUT2D eigenvalue weighted by molar-refractivity contribution is -0.133. The number of rotatable bonds is 7. The molecule has 1 N–H and O–H groups in total. The second-order valence-electron chi connectivity index (χ2n) is 7.08. The molecule has 2 aromatic rings. The Bertz CT molecular complexity index is 653. The van der Waals surface area contributed by atoms with Crippen LogP contribution in [0.25, 0.3) is 0 Å². The average Bonchev–Trinajstić information content (AvgIpc) is 2.60. The highest BCUT2D eigenvalue weighted by Crippen LogP contribution is 2.22. The van der Waals surface area contributed by atoms with Gasteiger partial charge in [0.2, 0.25) is 5.91 Å². The smallest absolute Gasteiger partial charge is 0.233 e. The van der Waals surface area contributed by atoms with E-state index in [0.29, 0.717) is 18.1 Å². The fourth-order valence-corrected chi connectivity index (χ4v) is 3.44. The van der Waals surface area contributed by atoms with Gasteiger partial charge in [-0.1, -0.05) is 60.7 Å². The van der Waals surface area contributed by atoms with Crippen LogP contribution in [0.4, 0.5) is 0 Å². The van der Waals surface area contributed by atoms with E-state index in [2.05, 4.69) is 20.8 Å². The number of aliphatic hydroxyl groups excluding tert-OH is 1. The fraction of sp³-hybridized carbons (Fsp3) is 0.381. The van der Waals surface area contributed by atoms with E-state index in [4.69, 9.17) is 0 Å². The molecule has 0 saturated heterocycles. The van der Waals surface area contributed by atoms with Crippen molar-refractivity contribution in [3.05, 3.63) is 71.8 Å². The lowest BCUT2D eigenvalue weighted by atomic mass is 10.0. The van der Waals surface area contributed by atoms with Crippen molar-refractivity contribution in [1.29, 1.82) is 0 Å². The van der Waals surface area contributed by atoms with Crippen LogP contribution >= 0.6 is 11.8 Å². The molecule has 0 spiro atoms. The lowest BCUT2D eigenvalue weighted by Gasteiger charge is -2.36. The zero-order chi connectivity index (χ0) is 18.3. The standard InChI is InChI=1S/C21H27NO2S/c1-21(2,3)22(14-17-10-6-4-7-11-17)20(24)16-25-15-19(23)18-12-8-5-9-13-18/h4-13,19,23H,14-16H2,1-3H3. The summed E-state index contributed by atoms with van der Waals surface area (Å²) >= 11 is 1.48. The summed E-state index contributed by atoms with van der Waals surface area (Å²) in [6.45, 7) is 6.76. The molecule has 0 bridgehead atoms. The van der Waals surface area contributed by atoms with Gasteiger partial charge in [-0.2, -0.15) is 0 Å². The molecular formula is C21H27NO2S. The van der Waals surface area contributed by atoms with E-state index >= 15 is 0 Å². The van der Waals surface area contributed by atoms with E-state index in [-0.39, 0.29) is 11.4 Å². The van der Waals surface area contributed by atoms with E-state index in [1.165, 1.54) is 11.8 Å². The number of thioether (sulfide) groups is 1. The summed E-state index contributed by atoms with van der Waals surface area (Å²) < 4.78 is 0. The van der Waals surface area contributed by atoms with Gasteiger partial charge in [0.1, 0.15) is 0 Å². The summed E-state index contributed by atoms with van der Waals surface area (Å²) in [5, 5.41) is 10.2. The Morgan fingerprint density at radius 1 is 1.04 bits per heavy atom. The van der Waals surface area contributed by atoms with Crippen molar-refractivity contribution in [3.63, 3.8) is 0 Å². The number of aliphatic hydroxyl groups is 1. The zero-order valence-electron chi connectivity index (χ0n) is 15.2. The number of benzene rings is 2. The first kappa shape index (κ1) is 19.5. The van der Waals surface area contributed by atoms with Crippen LogP contribution in [0.2, 0.25) is 0 Å². The molecule has 0 saturated carbocycles. The van der Waals surface area contributed by atoms with Gasteiger partial charge in [0.25, 0.3) is 0 Å². The van der Waals surface area contributed by atoms with Gasteiger partial charge in [0.15, 0.2) is 0 Å². The molecule has 1 atom stereocenters. The van der Waals surface area contributed by atoms with Crippen molar-refractivity contribution in [2.24, 2.45) is 0 Å². The van der Waals surface area contributed by atoms with Gasteiger partial charge in [0.05, 0.1) is 11.9 Å². The zero-order valence-corrected chi connectivity index (χ0v) is 16.0. The molecule has 0 heterocycles. The summed E-state index contributed by atoms with van der Waals surface area (Å²) in [4.78, 5) is 14.6. The van der Waals surface area contributed by atoms with E-state index < -0.39 is 6.10 Å². The van der Waals surface area contributed by atoms with Gasteiger partial charge in [-0.25, -0.2) is 0 Å². The Hall–Kier alpha value is -1.78. The first-order valence-corrected chi connectivity index (χ1v) is 9.68. The summed E-state index contributed by atoms with van der Waals surface area (Å²) in [6, 6.07) is 19.6. The number of hydrogen-bond donors (Lipinski definition) is 1. The molecule has 1 unspecified atom stereocenters. The minimum atomic E-state index is -0.545. The first-order chi connectivity index (χ1) is 11.9. The number of carbonyl (C=O) groups excluding carboxylic acids is 1. The van der Waals surface area contributed by atoms with Crippen LogP contribution in [0.1, 0.15) is 38.0 Å². The fourth-order valence-electron chi connectivity index (χ4n) is 2.57. The third-order valence-electron chi connectivity index (χ3n) is 3.98. The van der Waals surface area contributed by atoms with Crippen LogP contribution in [-0.4, -0.2) is 33.0 Å². The second kappa shape index (κ2) is 9.07. The van der Waals surface area contributed by atoms with Crippen LogP contribution in [0.3, 0.4) is 0 Å². The summed E-state index contributed by atoms with van der Waals surface area (Å²) in [5.74, 6) is 0.981. The van der Waals surface area contributed by atoms with Gasteiger partial charge >= 0.3 is 0 Å². The number of carbonyl (C=O) groups is 1. The Morgan fingerprint density at radius 3 is 2.16 bits per heavy atom. The quantitative estimate of drug-likeness (QED) is 0.804. The van der Waals surface area contributed by atoms with E-state index in [1.54, 1.807) is 0 Å². The summed E-state index contributed by atoms with van der Waals surface area (Å²) in [5.41, 5.74) is 1.77. The van der Waals surface area contributed by atoms with Crippen LogP contribution < -0.4 is 0 Å². The normalized spacial score (nSPS) is 12.6. The van der Waals surface area contributed by atoms with E-state index in [0.717, 1.165) is 11.1 Å². The predicted octanol–water partition coefficient (Wildman–Crippen LogP) is 4.28. The predicted molar refractivity (Wildman–Crippen MR) is 105 cm³/mol. The van der Waals surface area contributed by atoms with Gasteiger partial charge in [-0.05, 0) is 31.9 Å². The van der Waals surface area contributed by atoms with Gasteiger partial charge in [-0.3, -0.25) is 4.79 Å². The lowest BCUT2D eigenvalue weighted by Crippen LogP contribution is -2.46. The number of hydrogen-bond acceptors (Lipinski definition) is 3. The van der Waals surface area contributed by atoms with Gasteiger partial charge in [0, 0.05) is 17.8 Å². The van der Waals surface area contributed by atoms with Crippen LogP contribution in [-0.2, 0) is 11.3 Å². The maximum Gasteiger partial charge on any atom is 0.233 e. The van der Waals surface area contributed by atoms with Crippen molar-refractivity contribution in [2.75, 3.05) is 11.5 Å². The molecule has 2 aromatic carbocycles. The second-order valence-corrected chi connectivity index (χ2v) is 8.11. The molecule has 0 aliphatic carbocycles. The molecule has 25 heavy (non-hydrogen) atoms. The minimum absolute atomic E-state index is 0.0987. The minimum Gasteiger partial charge on any atom is -0.388 e. The molecule has 4 heteroatoms.